The molecular weight excluding hydrogens is 216 g/mol. The summed E-state index contributed by atoms with van der Waals surface area (Å²) in [4.78, 5) is 0. The molecule has 88 valence electrons. The van der Waals surface area contributed by atoms with Gasteiger partial charge in [0.2, 0.25) is 0 Å². The Morgan fingerprint density at radius 2 is 2.53 bits per heavy atom. The van der Waals surface area contributed by atoms with Gasteiger partial charge in [-0.25, -0.2) is 0 Å². The molecule has 1 aromatic rings. The molecule has 0 aliphatic heterocycles. The summed E-state index contributed by atoms with van der Waals surface area (Å²) in [5.74, 6) is 6.96. The highest BCUT2D eigenvalue weighted by Gasteiger charge is 2.56. The van der Waals surface area contributed by atoms with Gasteiger partial charge in [-0.15, -0.1) is 11.7 Å². The van der Waals surface area contributed by atoms with Crippen LogP contribution in [0.5, 0.6) is 0 Å². The molecule has 0 amide bonds. The van der Waals surface area contributed by atoms with Crippen molar-refractivity contribution in [2.75, 3.05) is 0 Å². The highest BCUT2D eigenvalue weighted by molar-refractivity contribution is 5.96. The lowest BCUT2D eigenvalue weighted by atomic mass is 10.0. The first-order chi connectivity index (χ1) is 8.27. The second-order valence-corrected chi connectivity index (χ2v) is 4.61. The van der Waals surface area contributed by atoms with E-state index in [1.807, 2.05) is 6.08 Å². The Morgan fingerprint density at radius 3 is 3.24 bits per heavy atom. The number of nitrogens with one attached hydrogen (secondary N) is 2. The third-order valence-electron chi connectivity index (χ3n) is 3.82. The minimum atomic E-state index is 0.0339. The van der Waals surface area contributed by atoms with Gasteiger partial charge in [0.1, 0.15) is 5.69 Å². The quantitative estimate of drug-likeness (QED) is 0.183. The Kier molecular flexibility index (Phi) is 2.10. The summed E-state index contributed by atoms with van der Waals surface area (Å²) in [6.45, 7) is 3.78. The van der Waals surface area contributed by atoms with Crippen molar-refractivity contribution in [3.63, 3.8) is 0 Å². The number of amidine groups is 1. The predicted octanol–water partition coefficient (Wildman–Crippen LogP) is 1.52. The Hall–Kier alpha value is -1.98. The number of allylic oxidation sites excluding steroid dienone is 1. The first kappa shape index (κ1) is 10.2. The van der Waals surface area contributed by atoms with E-state index in [0.29, 0.717) is 23.4 Å². The lowest BCUT2D eigenvalue weighted by molar-refractivity contribution is 0.701. The first-order valence-electron chi connectivity index (χ1n) is 5.65. The van der Waals surface area contributed by atoms with Gasteiger partial charge < -0.3 is 5.84 Å². The SMILES string of the molecule is C=CCC1C2Cc3c(C(=N)N=NN)n[nH]c3C12. The van der Waals surface area contributed by atoms with E-state index in [1.165, 1.54) is 5.69 Å². The van der Waals surface area contributed by atoms with Crippen LogP contribution in [0.3, 0.4) is 0 Å². The molecule has 6 nitrogen and oxygen atoms in total. The van der Waals surface area contributed by atoms with Gasteiger partial charge in [0.15, 0.2) is 5.84 Å². The fraction of sp³-hybridized carbons (Fsp3) is 0.455. The van der Waals surface area contributed by atoms with E-state index in [-0.39, 0.29) is 5.84 Å². The van der Waals surface area contributed by atoms with Gasteiger partial charge in [-0.2, -0.15) is 5.10 Å². The van der Waals surface area contributed by atoms with Crippen molar-refractivity contribution in [3.8, 4) is 0 Å². The van der Waals surface area contributed by atoms with Crippen LogP contribution in [0.15, 0.2) is 23.0 Å². The average molecular weight is 230 g/mol. The van der Waals surface area contributed by atoms with Crippen LogP contribution in [0, 0.1) is 17.2 Å². The molecule has 1 saturated carbocycles. The number of hydrogen-bond donors (Lipinski definition) is 3. The van der Waals surface area contributed by atoms with Crippen LogP contribution in [-0.2, 0) is 6.42 Å². The zero-order chi connectivity index (χ0) is 12.0. The van der Waals surface area contributed by atoms with Gasteiger partial charge in [0.05, 0.1) is 0 Å². The summed E-state index contributed by atoms with van der Waals surface area (Å²) in [6, 6.07) is 0. The monoisotopic (exact) mass is 230 g/mol. The summed E-state index contributed by atoms with van der Waals surface area (Å²) >= 11 is 0. The lowest BCUT2D eigenvalue weighted by Gasteiger charge is -2.01. The number of hydrogen-bond acceptors (Lipinski definition) is 3. The molecule has 2 aliphatic rings. The molecule has 0 aromatic carbocycles. The zero-order valence-electron chi connectivity index (χ0n) is 9.35. The number of aromatic nitrogens is 2. The molecule has 6 heteroatoms. The van der Waals surface area contributed by atoms with Crippen molar-refractivity contribution in [1.29, 1.82) is 5.41 Å². The van der Waals surface area contributed by atoms with Gasteiger partial charge in [-0.3, -0.25) is 10.5 Å². The van der Waals surface area contributed by atoms with Crippen LogP contribution in [-0.4, -0.2) is 16.0 Å². The predicted molar refractivity (Wildman–Crippen MR) is 62.7 cm³/mol. The van der Waals surface area contributed by atoms with E-state index in [9.17, 15) is 0 Å². The van der Waals surface area contributed by atoms with E-state index in [0.717, 1.165) is 18.4 Å². The fourth-order valence-electron chi connectivity index (χ4n) is 3.06. The number of H-pyrrole nitrogens is 1. The molecule has 0 saturated heterocycles. The van der Waals surface area contributed by atoms with E-state index in [4.69, 9.17) is 11.3 Å². The molecule has 1 heterocycles. The maximum atomic E-state index is 7.69. The van der Waals surface area contributed by atoms with Crippen molar-refractivity contribution in [1.82, 2.24) is 10.2 Å². The molecule has 2 aliphatic carbocycles. The van der Waals surface area contributed by atoms with Gasteiger partial charge in [0.25, 0.3) is 0 Å². The second-order valence-electron chi connectivity index (χ2n) is 4.61. The van der Waals surface area contributed by atoms with Crippen molar-refractivity contribution in [2.24, 2.45) is 28.0 Å². The molecule has 3 atom stereocenters. The van der Waals surface area contributed by atoms with Crippen LogP contribution >= 0.6 is 0 Å². The van der Waals surface area contributed by atoms with Crippen molar-refractivity contribution in [2.45, 2.75) is 18.8 Å². The third-order valence-corrected chi connectivity index (χ3v) is 3.82. The number of nitrogens with zero attached hydrogens (tertiary/aromatic N) is 3. The molecular formula is C11H14N6. The summed E-state index contributed by atoms with van der Waals surface area (Å²) in [6.07, 6.45) is 4.01. The minimum absolute atomic E-state index is 0.0339. The van der Waals surface area contributed by atoms with Crippen LogP contribution in [0.25, 0.3) is 0 Å². The molecule has 0 radical (unpaired) electrons. The number of nitrogens with two attached hydrogens (primary N) is 1. The van der Waals surface area contributed by atoms with Gasteiger partial charge in [-0.05, 0) is 24.7 Å². The van der Waals surface area contributed by atoms with Crippen LogP contribution in [0.4, 0.5) is 0 Å². The average Bonchev–Trinajstić information content (AvgIpc) is 2.70. The largest absolute Gasteiger partial charge is 0.305 e. The molecule has 1 fully saturated rings. The highest BCUT2D eigenvalue weighted by atomic mass is 15.3. The van der Waals surface area contributed by atoms with Crippen LogP contribution in [0.2, 0.25) is 0 Å². The zero-order valence-corrected chi connectivity index (χ0v) is 9.35. The molecule has 3 unspecified atom stereocenters. The number of rotatable bonds is 3. The van der Waals surface area contributed by atoms with Gasteiger partial charge in [-0.1, -0.05) is 11.3 Å². The normalized spacial score (nSPS) is 29.1. The van der Waals surface area contributed by atoms with Gasteiger partial charge >= 0.3 is 0 Å². The summed E-state index contributed by atoms with van der Waals surface area (Å²) in [7, 11) is 0. The Bertz CT molecular complexity index is 514. The molecule has 17 heavy (non-hydrogen) atoms. The van der Waals surface area contributed by atoms with Crippen molar-refractivity contribution in [3.05, 3.63) is 29.6 Å². The minimum Gasteiger partial charge on any atom is -0.305 e. The Balaban J connectivity index is 1.86. The van der Waals surface area contributed by atoms with Crippen molar-refractivity contribution < 1.29 is 0 Å². The molecule has 4 N–H and O–H groups in total. The summed E-state index contributed by atoms with van der Waals surface area (Å²) in [5, 5.41) is 21.5. The fourth-order valence-corrected chi connectivity index (χ4v) is 3.06. The Morgan fingerprint density at radius 1 is 1.71 bits per heavy atom. The Labute approximate surface area is 98.5 Å². The highest BCUT2D eigenvalue weighted by Crippen LogP contribution is 2.62. The van der Waals surface area contributed by atoms with E-state index >= 15 is 0 Å². The lowest BCUT2D eigenvalue weighted by Crippen LogP contribution is -2.02. The maximum Gasteiger partial charge on any atom is 0.196 e. The standard InChI is InChI=1S/C11H14N6/c1-2-3-5-6-4-7-9(8(5)6)14-15-10(7)11(12)16-17-13/h2,5-6,8H,1,3-4H2,(H,14,15)(H3,12,13,16). The first-order valence-corrected chi connectivity index (χ1v) is 5.65. The van der Waals surface area contributed by atoms with E-state index in [2.05, 4.69) is 27.1 Å². The molecule has 0 bridgehead atoms. The van der Waals surface area contributed by atoms with E-state index < -0.39 is 0 Å². The molecule has 3 rings (SSSR count). The smallest absolute Gasteiger partial charge is 0.196 e. The molecule has 1 aromatic heterocycles. The number of fused-ring (bicyclic) bond motifs is 3. The third kappa shape index (κ3) is 1.33. The second kappa shape index (κ2) is 3.51. The van der Waals surface area contributed by atoms with E-state index in [1.54, 1.807) is 0 Å². The van der Waals surface area contributed by atoms with Gasteiger partial charge in [0, 0.05) is 17.2 Å². The summed E-state index contributed by atoms with van der Waals surface area (Å²) in [5.41, 5.74) is 2.89. The maximum absolute atomic E-state index is 7.69. The van der Waals surface area contributed by atoms with Crippen LogP contribution in [0.1, 0.15) is 29.3 Å². The number of aromatic amines is 1. The molecule has 0 spiro atoms. The van der Waals surface area contributed by atoms with Crippen LogP contribution < -0.4 is 5.84 Å². The topological polar surface area (TPSA) is 103 Å². The summed E-state index contributed by atoms with van der Waals surface area (Å²) < 4.78 is 0. The van der Waals surface area contributed by atoms with Crippen molar-refractivity contribution >= 4 is 5.84 Å².